The number of methoxy groups -OCH3 is 1. The van der Waals surface area contributed by atoms with Gasteiger partial charge in [0.15, 0.2) is 0 Å². The van der Waals surface area contributed by atoms with Crippen LogP contribution >= 0.6 is 0 Å². The van der Waals surface area contributed by atoms with Gasteiger partial charge < -0.3 is 15.4 Å². The van der Waals surface area contributed by atoms with E-state index in [1.165, 1.54) is 0 Å². The van der Waals surface area contributed by atoms with Gasteiger partial charge in [-0.25, -0.2) is 0 Å². The zero-order chi connectivity index (χ0) is 15.9. The fourth-order valence-corrected chi connectivity index (χ4v) is 2.18. The van der Waals surface area contributed by atoms with Crippen LogP contribution in [0.25, 0.3) is 0 Å². The number of amides is 1. The van der Waals surface area contributed by atoms with Crippen molar-refractivity contribution in [2.45, 2.75) is 20.0 Å². The van der Waals surface area contributed by atoms with E-state index in [1.54, 1.807) is 30.3 Å². The first-order valence-corrected chi connectivity index (χ1v) is 7.25. The highest BCUT2D eigenvalue weighted by Crippen LogP contribution is 2.15. The number of rotatable bonds is 6. The molecule has 1 amide bonds. The lowest BCUT2D eigenvalue weighted by Crippen LogP contribution is -2.30. The van der Waals surface area contributed by atoms with Gasteiger partial charge in [0.2, 0.25) is 0 Å². The number of benzene rings is 1. The first-order chi connectivity index (χ1) is 10.7. The van der Waals surface area contributed by atoms with Gasteiger partial charge >= 0.3 is 0 Å². The third-order valence-corrected chi connectivity index (χ3v) is 3.47. The maximum atomic E-state index is 12.6. The van der Waals surface area contributed by atoms with E-state index in [9.17, 15) is 4.79 Å². The number of nitrogens with two attached hydrogens (primary N) is 1. The Balaban J connectivity index is 2.13. The summed E-state index contributed by atoms with van der Waals surface area (Å²) in [5.41, 5.74) is 7.97. The molecule has 0 aliphatic carbocycles. The number of nitrogens with zero attached hydrogens (tertiary/aromatic N) is 2. The molecule has 0 unspecified atom stereocenters. The molecule has 2 rings (SSSR count). The molecule has 1 aromatic carbocycles. The second-order valence-corrected chi connectivity index (χ2v) is 4.91. The minimum absolute atomic E-state index is 0.0181. The first-order valence-electron chi connectivity index (χ1n) is 7.25. The number of carbonyl (C=O) groups excluding carboxylic acids is 1. The fraction of sp³-hybridized carbons (Fsp3) is 0.294. The summed E-state index contributed by atoms with van der Waals surface area (Å²) in [7, 11) is 1.63. The van der Waals surface area contributed by atoms with Gasteiger partial charge in [-0.15, -0.1) is 0 Å². The average molecular weight is 299 g/mol. The number of ether oxygens (including phenoxy) is 1. The van der Waals surface area contributed by atoms with Crippen molar-refractivity contribution in [1.29, 1.82) is 0 Å². The average Bonchev–Trinajstić information content (AvgIpc) is 2.59. The van der Waals surface area contributed by atoms with Crippen molar-refractivity contribution < 1.29 is 9.53 Å². The summed E-state index contributed by atoms with van der Waals surface area (Å²) < 4.78 is 5.14. The Bertz CT molecular complexity index is 626. The van der Waals surface area contributed by atoms with Gasteiger partial charge in [-0.05, 0) is 36.8 Å². The molecule has 2 N–H and O–H groups in total. The molecular formula is C17H21N3O2. The van der Waals surface area contributed by atoms with Gasteiger partial charge in [-0.1, -0.05) is 12.1 Å². The molecule has 0 spiro atoms. The van der Waals surface area contributed by atoms with Crippen molar-refractivity contribution in [2.75, 3.05) is 13.7 Å². The van der Waals surface area contributed by atoms with Crippen LogP contribution in [0.3, 0.4) is 0 Å². The second-order valence-electron chi connectivity index (χ2n) is 4.91. The lowest BCUT2D eigenvalue weighted by Gasteiger charge is -2.21. The Morgan fingerprint density at radius 2 is 2.00 bits per heavy atom. The topological polar surface area (TPSA) is 68.5 Å². The third kappa shape index (κ3) is 3.83. The minimum atomic E-state index is -0.0181. The van der Waals surface area contributed by atoms with Crippen LogP contribution in [-0.4, -0.2) is 29.4 Å². The zero-order valence-electron chi connectivity index (χ0n) is 13.0. The Hall–Kier alpha value is -2.40. The van der Waals surface area contributed by atoms with Crippen molar-refractivity contribution in [3.63, 3.8) is 0 Å². The molecule has 1 heterocycles. The maximum Gasteiger partial charge on any atom is 0.254 e. The molecule has 0 saturated heterocycles. The Morgan fingerprint density at radius 3 is 2.59 bits per heavy atom. The molecular weight excluding hydrogens is 278 g/mol. The maximum absolute atomic E-state index is 12.6. The number of pyridine rings is 1. The summed E-state index contributed by atoms with van der Waals surface area (Å²) in [6.07, 6.45) is 1.62. The molecule has 2 aromatic rings. The van der Waals surface area contributed by atoms with E-state index in [-0.39, 0.29) is 5.91 Å². The predicted octanol–water partition coefficient (Wildman–Crippen LogP) is 2.21. The highest BCUT2D eigenvalue weighted by molar-refractivity contribution is 5.94. The van der Waals surface area contributed by atoms with Crippen LogP contribution in [0.5, 0.6) is 5.75 Å². The van der Waals surface area contributed by atoms with Crippen LogP contribution < -0.4 is 10.5 Å². The van der Waals surface area contributed by atoms with E-state index in [4.69, 9.17) is 10.5 Å². The Morgan fingerprint density at radius 1 is 1.27 bits per heavy atom. The lowest BCUT2D eigenvalue weighted by molar-refractivity contribution is 0.0752. The smallest absolute Gasteiger partial charge is 0.254 e. The monoisotopic (exact) mass is 299 g/mol. The largest absolute Gasteiger partial charge is 0.497 e. The molecule has 0 fully saturated rings. The lowest BCUT2D eigenvalue weighted by atomic mass is 10.1. The van der Waals surface area contributed by atoms with Gasteiger partial charge in [-0.3, -0.25) is 9.78 Å². The molecule has 0 bridgehead atoms. The van der Waals surface area contributed by atoms with Gasteiger partial charge in [0.1, 0.15) is 5.75 Å². The quantitative estimate of drug-likeness (QED) is 0.888. The standard InChI is InChI=1S/C17H21N3O2/c1-3-20(12-13-4-6-16(22-2)7-5-13)17(21)14-8-9-19-15(10-14)11-18/h4-10H,3,11-12,18H2,1-2H3. The summed E-state index contributed by atoms with van der Waals surface area (Å²) in [6.45, 7) is 3.48. The summed E-state index contributed by atoms with van der Waals surface area (Å²) >= 11 is 0. The molecule has 0 saturated carbocycles. The van der Waals surface area contributed by atoms with E-state index in [2.05, 4.69) is 4.98 Å². The van der Waals surface area contributed by atoms with Gasteiger partial charge in [-0.2, -0.15) is 0 Å². The molecule has 1 aromatic heterocycles. The van der Waals surface area contributed by atoms with Crippen LogP contribution in [0.4, 0.5) is 0 Å². The van der Waals surface area contributed by atoms with Crippen LogP contribution in [0.1, 0.15) is 28.5 Å². The van der Waals surface area contributed by atoms with Crippen LogP contribution in [-0.2, 0) is 13.1 Å². The minimum Gasteiger partial charge on any atom is -0.497 e. The number of aromatic nitrogens is 1. The molecule has 0 atom stereocenters. The van der Waals surface area contributed by atoms with E-state index in [0.29, 0.717) is 30.9 Å². The molecule has 116 valence electrons. The number of hydrogen-bond acceptors (Lipinski definition) is 4. The number of hydrogen-bond donors (Lipinski definition) is 1. The second kappa shape index (κ2) is 7.56. The summed E-state index contributed by atoms with van der Waals surface area (Å²) in [5.74, 6) is 0.787. The van der Waals surface area contributed by atoms with Crippen LogP contribution in [0.2, 0.25) is 0 Å². The molecule has 0 aliphatic rings. The van der Waals surface area contributed by atoms with Crippen LogP contribution in [0, 0.1) is 0 Å². The molecule has 5 heteroatoms. The summed E-state index contributed by atoms with van der Waals surface area (Å²) in [5, 5.41) is 0. The normalized spacial score (nSPS) is 10.3. The summed E-state index contributed by atoms with van der Waals surface area (Å²) in [6, 6.07) is 11.2. The van der Waals surface area contributed by atoms with Gasteiger partial charge in [0, 0.05) is 31.4 Å². The first kappa shape index (κ1) is 16.0. The molecule has 22 heavy (non-hydrogen) atoms. The summed E-state index contributed by atoms with van der Waals surface area (Å²) in [4.78, 5) is 18.5. The molecule has 5 nitrogen and oxygen atoms in total. The van der Waals surface area contributed by atoms with Crippen molar-refractivity contribution in [3.05, 3.63) is 59.4 Å². The van der Waals surface area contributed by atoms with E-state index in [0.717, 1.165) is 11.3 Å². The number of carbonyl (C=O) groups is 1. The highest BCUT2D eigenvalue weighted by Gasteiger charge is 2.15. The zero-order valence-corrected chi connectivity index (χ0v) is 13.0. The van der Waals surface area contributed by atoms with E-state index >= 15 is 0 Å². The van der Waals surface area contributed by atoms with Crippen molar-refractivity contribution in [1.82, 2.24) is 9.88 Å². The molecule has 0 radical (unpaired) electrons. The Labute approximate surface area is 130 Å². The highest BCUT2D eigenvalue weighted by atomic mass is 16.5. The van der Waals surface area contributed by atoms with Crippen molar-refractivity contribution >= 4 is 5.91 Å². The van der Waals surface area contributed by atoms with E-state index < -0.39 is 0 Å². The van der Waals surface area contributed by atoms with E-state index in [1.807, 2.05) is 31.2 Å². The van der Waals surface area contributed by atoms with Crippen molar-refractivity contribution in [2.24, 2.45) is 5.73 Å². The van der Waals surface area contributed by atoms with Gasteiger partial charge in [0.25, 0.3) is 5.91 Å². The van der Waals surface area contributed by atoms with Crippen LogP contribution in [0.15, 0.2) is 42.6 Å². The Kier molecular flexibility index (Phi) is 5.49. The van der Waals surface area contributed by atoms with Gasteiger partial charge in [0.05, 0.1) is 12.8 Å². The fourth-order valence-electron chi connectivity index (χ4n) is 2.18. The molecule has 0 aliphatic heterocycles. The third-order valence-electron chi connectivity index (χ3n) is 3.47. The SMILES string of the molecule is CCN(Cc1ccc(OC)cc1)C(=O)c1ccnc(CN)c1. The predicted molar refractivity (Wildman–Crippen MR) is 85.5 cm³/mol. The van der Waals surface area contributed by atoms with Crippen molar-refractivity contribution in [3.8, 4) is 5.75 Å².